The summed E-state index contributed by atoms with van der Waals surface area (Å²) in [5.41, 5.74) is 3.61. The number of thioether (sulfide) groups is 1. The third-order valence-corrected chi connectivity index (χ3v) is 6.96. The second-order valence-corrected chi connectivity index (χ2v) is 9.80. The molecule has 0 saturated carbocycles. The average molecular weight is 436 g/mol. The van der Waals surface area contributed by atoms with Crippen LogP contribution in [0.1, 0.15) is 31.4 Å². The van der Waals surface area contributed by atoms with E-state index in [9.17, 15) is 9.59 Å². The number of carbonyl (C=O) groups is 1. The van der Waals surface area contributed by atoms with E-state index in [1.807, 2.05) is 48.2 Å². The predicted molar refractivity (Wildman–Crippen MR) is 127 cm³/mol. The molecule has 0 radical (unpaired) electrons. The molecule has 162 valence electrons. The lowest BCUT2D eigenvalue weighted by atomic mass is 9.92. The number of rotatable bonds is 4. The third-order valence-electron chi connectivity index (χ3n) is 6.04. The maximum Gasteiger partial charge on any atom is 0.266 e. The molecule has 1 amide bonds. The molecule has 31 heavy (non-hydrogen) atoms. The van der Waals surface area contributed by atoms with E-state index in [0.29, 0.717) is 27.9 Å². The lowest BCUT2D eigenvalue weighted by molar-refractivity contribution is -0.130. The number of nitrogens with zero attached hydrogens (tertiary/aromatic N) is 3. The van der Waals surface area contributed by atoms with Crippen LogP contribution in [0.2, 0.25) is 0 Å². The van der Waals surface area contributed by atoms with Crippen LogP contribution in [0.5, 0.6) is 0 Å². The van der Waals surface area contributed by atoms with Gasteiger partial charge in [-0.2, -0.15) is 0 Å². The fraction of sp³-hybridized carbons (Fsp3) is 0.400. The minimum absolute atomic E-state index is 0.107. The molecule has 5 nitrogen and oxygen atoms in total. The highest BCUT2D eigenvalue weighted by atomic mass is 32.2. The Balaban J connectivity index is 1.70. The van der Waals surface area contributed by atoms with E-state index in [4.69, 9.17) is 4.98 Å². The first kappa shape index (κ1) is 21.6. The quantitative estimate of drug-likeness (QED) is 0.444. The highest BCUT2D eigenvalue weighted by Gasteiger charge is 2.26. The molecule has 1 aliphatic heterocycles. The normalized spacial score (nSPS) is 19.0. The summed E-state index contributed by atoms with van der Waals surface area (Å²) >= 11 is 1.35. The van der Waals surface area contributed by atoms with E-state index in [-0.39, 0.29) is 17.2 Å². The van der Waals surface area contributed by atoms with Gasteiger partial charge in [0.2, 0.25) is 5.91 Å². The molecule has 0 aliphatic carbocycles. The van der Waals surface area contributed by atoms with Gasteiger partial charge >= 0.3 is 0 Å². The molecule has 0 N–H and O–H groups in total. The largest absolute Gasteiger partial charge is 0.341 e. The molecule has 2 aromatic carbocycles. The van der Waals surface area contributed by atoms with Crippen LogP contribution in [-0.4, -0.2) is 39.2 Å². The highest BCUT2D eigenvalue weighted by molar-refractivity contribution is 7.99. The molecule has 0 spiro atoms. The standard InChI is InChI=1S/C25H29N3O2S/c1-16-11-17(2)14-27(13-16)23(29)15-31-25-26-22-8-6-5-7-21(22)24(30)28(25)20-10-9-18(3)19(4)12-20/h5-10,12,16-17H,11,13-15H2,1-4H3. The first-order valence-corrected chi connectivity index (χ1v) is 11.8. The van der Waals surface area contributed by atoms with Gasteiger partial charge in [-0.25, -0.2) is 4.98 Å². The van der Waals surface area contributed by atoms with Crippen molar-refractivity contribution in [2.24, 2.45) is 11.8 Å². The highest BCUT2D eigenvalue weighted by Crippen LogP contribution is 2.25. The average Bonchev–Trinajstić information content (AvgIpc) is 2.73. The third kappa shape index (κ3) is 4.54. The van der Waals surface area contributed by atoms with Crippen LogP contribution >= 0.6 is 11.8 Å². The number of fused-ring (bicyclic) bond motifs is 1. The summed E-state index contributed by atoms with van der Waals surface area (Å²) in [4.78, 5) is 33.1. The Hall–Kier alpha value is -2.60. The van der Waals surface area contributed by atoms with Crippen molar-refractivity contribution in [3.05, 3.63) is 63.9 Å². The van der Waals surface area contributed by atoms with E-state index in [2.05, 4.69) is 20.8 Å². The molecule has 2 heterocycles. The van der Waals surface area contributed by atoms with E-state index in [1.165, 1.54) is 17.3 Å². The Kier molecular flexibility index (Phi) is 6.19. The van der Waals surface area contributed by atoms with Gasteiger partial charge in [0, 0.05) is 13.1 Å². The molecule has 1 aromatic heterocycles. The Bertz CT molecular complexity index is 1180. The fourth-order valence-corrected chi connectivity index (χ4v) is 5.30. The number of hydrogen-bond acceptors (Lipinski definition) is 4. The minimum Gasteiger partial charge on any atom is -0.341 e. The molecule has 6 heteroatoms. The van der Waals surface area contributed by atoms with Gasteiger partial charge in [0.25, 0.3) is 5.56 Å². The molecule has 4 rings (SSSR count). The van der Waals surface area contributed by atoms with Crippen LogP contribution < -0.4 is 5.56 Å². The van der Waals surface area contributed by atoms with Gasteiger partial charge in [-0.15, -0.1) is 0 Å². The van der Waals surface area contributed by atoms with Gasteiger partial charge in [0.05, 0.1) is 22.3 Å². The maximum atomic E-state index is 13.4. The summed E-state index contributed by atoms with van der Waals surface area (Å²) in [6, 6.07) is 13.4. The van der Waals surface area contributed by atoms with Crippen molar-refractivity contribution in [1.82, 2.24) is 14.5 Å². The first-order valence-electron chi connectivity index (χ1n) is 10.8. The number of piperidine rings is 1. The van der Waals surface area contributed by atoms with Crippen molar-refractivity contribution in [3.8, 4) is 5.69 Å². The molecule has 3 aromatic rings. The number of amides is 1. The molecule has 1 aliphatic rings. The molecule has 0 bridgehead atoms. The fourth-order valence-electron chi connectivity index (χ4n) is 4.39. The van der Waals surface area contributed by atoms with Crippen molar-refractivity contribution in [1.29, 1.82) is 0 Å². The summed E-state index contributed by atoms with van der Waals surface area (Å²) in [5.74, 6) is 1.42. The summed E-state index contributed by atoms with van der Waals surface area (Å²) in [6.07, 6.45) is 1.16. The summed E-state index contributed by atoms with van der Waals surface area (Å²) < 4.78 is 1.65. The van der Waals surface area contributed by atoms with Gasteiger partial charge in [0.15, 0.2) is 5.16 Å². The first-order chi connectivity index (χ1) is 14.8. The lowest BCUT2D eigenvalue weighted by Crippen LogP contribution is -2.43. The van der Waals surface area contributed by atoms with Crippen molar-refractivity contribution in [3.63, 3.8) is 0 Å². The zero-order valence-corrected chi connectivity index (χ0v) is 19.4. The molecule has 1 saturated heterocycles. The van der Waals surface area contributed by atoms with Crippen molar-refractivity contribution >= 4 is 28.6 Å². The Morgan fingerprint density at radius 1 is 1.06 bits per heavy atom. The lowest BCUT2D eigenvalue weighted by Gasteiger charge is -2.35. The van der Waals surface area contributed by atoms with Gasteiger partial charge < -0.3 is 4.90 Å². The number of benzene rings is 2. The van der Waals surface area contributed by atoms with Gasteiger partial charge in [0.1, 0.15) is 0 Å². The Morgan fingerprint density at radius 2 is 1.77 bits per heavy atom. The van der Waals surface area contributed by atoms with Gasteiger partial charge in [-0.1, -0.05) is 43.8 Å². The summed E-state index contributed by atoms with van der Waals surface area (Å²) in [5, 5.41) is 1.13. The second kappa shape index (κ2) is 8.87. The second-order valence-electron chi connectivity index (χ2n) is 8.85. The topological polar surface area (TPSA) is 55.2 Å². The van der Waals surface area contributed by atoms with Gasteiger partial charge in [-0.3, -0.25) is 14.2 Å². The van der Waals surface area contributed by atoms with Crippen molar-refractivity contribution in [2.75, 3.05) is 18.8 Å². The Labute approximate surface area is 187 Å². The van der Waals surface area contributed by atoms with Crippen LogP contribution in [0.15, 0.2) is 52.4 Å². The number of hydrogen-bond donors (Lipinski definition) is 0. The van der Waals surface area contributed by atoms with E-state index in [0.717, 1.165) is 30.8 Å². The van der Waals surface area contributed by atoms with E-state index >= 15 is 0 Å². The SMILES string of the molecule is Cc1ccc(-n2c(SCC(=O)N3CC(C)CC(C)C3)nc3ccccc3c2=O)cc1C. The molecule has 1 fully saturated rings. The van der Waals surface area contributed by atoms with Crippen LogP contribution in [0.25, 0.3) is 16.6 Å². The van der Waals surface area contributed by atoms with Gasteiger partial charge in [-0.05, 0) is 67.5 Å². The summed E-state index contributed by atoms with van der Waals surface area (Å²) in [7, 11) is 0. The Morgan fingerprint density at radius 3 is 2.48 bits per heavy atom. The maximum absolute atomic E-state index is 13.4. The monoisotopic (exact) mass is 435 g/mol. The zero-order chi connectivity index (χ0) is 22.1. The minimum atomic E-state index is -0.107. The molecule has 2 atom stereocenters. The smallest absolute Gasteiger partial charge is 0.266 e. The zero-order valence-electron chi connectivity index (χ0n) is 18.6. The van der Waals surface area contributed by atoms with Crippen LogP contribution in [0, 0.1) is 25.7 Å². The number of aryl methyl sites for hydroxylation is 2. The van der Waals surface area contributed by atoms with Crippen LogP contribution in [0.4, 0.5) is 0 Å². The van der Waals surface area contributed by atoms with E-state index in [1.54, 1.807) is 10.6 Å². The van der Waals surface area contributed by atoms with Crippen molar-refractivity contribution < 1.29 is 4.79 Å². The molecular formula is C25H29N3O2S. The predicted octanol–water partition coefficient (Wildman–Crippen LogP) is 4.60. The van der Waals surface area contributed by atoms with Crippen molar-refractivity contribution in [2.45, 2.75) is 39.3 Å². The van der Waals surface area contributed by atoms with Crippen LogP contribution in [0.3, 0.4) is 0 Å². The number of para-hydroxylation sites is 1. The summed E-state index contributed by atoms with van der Waals surface area (Å²) in [6.45, 7) is 10.1. The number of likely N-dealkylation sites (tertiary alicyclic amines) is 1. The van der Waals surface area contributed by atoms with Crippen LogP contribution in [-0.2, 0) is 4.79 Å². The number of aromatic nitrogens is 2. The molecular weight excluding hydrogens is 406 g/mol. The van der Waals surface area contributed by atoms with E-state index < -0.39 is 0 Å². The number of carbonyl (C=O) groups excluding carboxylic acids is 1. The molecule has 2 unspecified atom stereocenters.